The van der Waals surface area contributed by atoms with Crippen LogP contribution in [0.15, 0.2) is 36.7 Å². The number of hydrogen-bond donors (Lipinski definition) is 0. The average molecular weight is 397 g/mol. The van der Waals surface area contributed by atoms with E-state index in [4.69, 9.17) is 4.98 Å². The van der Waals surface area contributed by atoms with Crippen LogP contribution in [0.3, 0.4) is 0 Å². The Hall–Kier alpha value is -1.61. The first-order valence-corrected chi connectivity index (χ1v) is 12.2. The van der Waals surface area contributed by atoms with Crippen molar-refractivity contribution in [1.29, 1.82) is 0 Å². The summed E-state index contributed by atoms with van der Waals surface area (Å²) in [5.41, 5.74) is 3.77. The minimum Gasteiger partial charge on any atom is -0.297 e. The van der Waals surface area contributed by atoms with Gasteiger partial charge in [-0.05, 0) is 31.2 Å². The zero-order valence-corrected chi connectivity index (χ0v) is 18.6. The molecule has 0 saturated heterocycles. The van der Waals surface area contributed by atoms with Crippen molar-refractivity contribution in [2.24, 2.45) is 0 Å². The number of aryl methyl sites for hydroxylation is 2. The normalized spacial score (nSPS) is 11.5. The average Bonchev–Trinajstić information content (AvgIpc) is 3.27. The van der Waals surface area contributed by atoms with E-state index in [-0.39, 0.29) is 0 Å². The summed E-state index contributed by atoms with van der Waals surface area (Å²) in [6, 6.07) is 9.05. The molecule has 0 saturated carbocycles. The Morgan fingerprint density at radius 1 is 0.750 bits per heavy atom. The molecular weight excluding hydrogens is 360 g/mol. The van der Waals surface area contributed by atoms with Crippen LogP contribution in [0.2, 0.25) is 0 Å². The summed E-state index contributed by atoms with van der Waals surface area (Å²) in [5, 5.41) is 0. The molecule has 0 aliphatic carbocycles. The minimum atomic E-state index is 1.09. The summed E-state index contributed by atoms with van der Waals surface area (Å²) in [6.45, 7) is 4.54. The van der Waals surface area contributed by atoms with Gasteiger partial charge in [0.1, 0.15) is 0 Å². The summed E-state index contributed by atoms with van der Waals surface area (Å²) in [4.78, 5) is 7.44. The summed E-state index contributed by atoms with van der Waals surface area (Å²) >= 11 is 1.84. The molecule has 0 aliphatic heterocycles. The Balaban J connectivity index is 1.50. The van der Waals surface area contributed by atoms with Gasteiger partial charge in [-0.1, -0.05) is 89.5 Å². The third-order valence-electron chi connectivity index (χ3n) is 5.55. The maximum Gasteiger partial charge on any atom is 0.194 e. The molecule has 0 atom stereocenters. The summed E-state index contributed by atoms with van der Waals surface area (Å²) in [7, 11) is 0. The Labute approximate surface area is 175 Å². The molecule has 0 radical (unpaired) electrons. The van der Waals surface area contributed by atoms with E-state index in [2.05, 4.69) is 54.9 Å². The fourth-order valence-electron chi connectivity index (χ4n) is 3.78. The molecule has 0 spiro atoms. The van der Waals surface area contributed by atoms with Crippen molar-refractivity contribution >= 4 is 16.3 Å². The van der Waals surface area contributed by atoms with Gasteiger partial charge in [-0.15, -0.1) is 11.3 Å². The Bertz CT molecular complexity index is 781. The van der Waals surface area contributed by atoms with Crippen LogP contribution in [0.1, 0.15) is 88.5 Å². The van der Waals surface area contributed by atoms with E-state index in [0.29, 0.717) is 0 Å². The number of imidazole rings is 1. The van der Waals surface area contributed by atoms with Crippen molar-refractivity contribution < 1.29 is 0 Å². The van der Waals surface area contributed by atoms with Gasteiger partial charge in [-0.25, -0.2) is 4.98 Å². The second kappa shape index (κ2) is 11.4. The summed E-state index contributed by atoms with van der Waals surface area (Å²) < 4.78 is 2.21. The van der Waals surface area contributed by atoms with Gasteiger partial charge in [0.25, 0.3) is 0 Å². The van der Waals surface area contributed by atoms with Crippen LogP contribution in [-0.2, 0) is 12.8 Å². The highest BCUT2D eigenvalue weighted by Crippen LogP contribution is 2.25. The third kappa shape index (κ3) is 6.20. The number of thiazole rings is 1. The van der Waals surface area contributed by atoms with Gasteiger partial charge >= 0.3 is 0 Å². The highest BCUT2D eigenvalue weighted by Gasteiger charge is 2.08. The maximum atomic E-state index is 4.86. The molecule has 2 heterocycles. The standard InChI is InChI=1S/C25H36N2S/c1-3-5-7-9-10-11-13-21-15-17-22(18-16-21)24-20-27-19-23(28-25(27)26-24)14-12-8-6-4-2/h15-20H,3-14H2,1-2H3. The molecule has 0 N–H and O–H groups in total. The maximum absolute atomic E-state index is 4.86. The molecule has 0 aliphatic rings. The number of hydrogen-bond acceptors (Lipinski definition) is 2. The predicted molar refractivity (Wildman–Crippen MR) is 123 cm³/mol. The summed E-state index contributed by atoms with van der Waals surface area (Å²) in [5.74, 6) is 0. The lowest BCUT2D eigenvalue weighted by molar-refractivity contribution is 0.607. The topological polar surface area (TPSA) is 17.3 Å². The largest absolute Gasteiger partial charge is 0.297 e. The smallest absolute Gasteiger partial charge is 0.194 e. The van der Waals surface area contributed by atoms with E-state index >= 15 is 0 Å². The van der Waals surface area contributed by atoms with Gasteiger partial charge in [-0.2, -0.15) is 0 Å². The van der Waals surface area contributed by atoms with Crippen molar-refractivity contribution in [1.82, 2.24) is 9.38 Å². The van der Waals surface area contributed by atoms with Gasteiger partial charge < -0.3 is 0 Å². The van der Waals surface area contributed by atoms with Crippen molar-refractivity contribution in [2.45, 2.75) is 90.9 Å². The van der Waals surface area contributed by atoms with E-state index in [1.54, 1.807) is 0 Å². The second-order valence-corrected chi connectivity index (χ2v) is 9.13. The molecule has 1 aromatic carbocycles. The molecule has 3 aromatic rings. The molecule has 2 aromatic heterocycles. The van der Waals surface area contributed by atoms with Gasteiger partial charge in [0.05, 0.1) is 5.69 Å². The Morgan fingerprint density at radius 3 is 2.11 bits per heavy atom. The fourth-order valence-corrected chi connectivity index (χ4v) is 4.78. The zero-order chi connectivity index (χ0) is 19.6. The van der Waals surface area contributed by atoms with Crippen molar-refractivity contribution in [3.8, 4) is 11.3 Å². The lowest BCUT2D eigenvalue weighted by Gasteiger charge is -2.03. The molecule has 3 rings (SSSR count). The SMILES string of the molecule is CCCCCCCCc1ccc(-c2cn3cc(CCCCCC)sc3n2)cc1. The monoisotopic (exact) mass is 396 g/mol. The molecule has 0 bridgehead atoms. The minimum absolute atomic E-state index is 1.09. The van der Waals surface area contributed by atoms with Crippen molar-refractivity contribution in [3.05, 3.63) is 47.1 Å². The van der Waals surface area contributed by atoms with Crippen LogP contribution >= 0.6 is 11.3 Å². The number of fused-ring (bicyclic) bond motifs is 1. The van der Waals surface area contributed by atoms with Crippen LogP contribution in [0.5, 0.6) is 0 Å². The highest BCUT2D eigenvalue weighted by molar-refractivity contribution is 7.17. The molecule has 28 heavy (non-hydrogen) atoms. The highest BCUT2D eigenvalue weighted by atomic mass is 32.1. The number of benzene rings is 1. The summed E-state index contributed by atoms with van der Waals surface area (Å²) in [6.07, 6.45) is 20.3. The predicted octanol–water partition coefficient (Wildman–Crippen LogP) is 8.09. The first-order chi connectivity index (χ1) is 13.8. The van der Waals surface area contributed by atoms with E-state index in [1.165, 1.54) is 93.1 Å². The van der Waals surface area contributed by atoms with Crippen molar-refractivity contribution in [2.75, 3.05) is 0 Å². The van der Waals surface area contributed by atoms with Crippen LogP contribution in [0.25, 0.3) is 16.2 Å². The molecular formula is C25H36N2S. The first kappa shape index (κ1) is 21.1. The van der Waals surface area contributed by atoms with Crippen molar-refractivity contribution in [3.63, 3.8) is 0 Å². The zero-order valence-electron chi connectivity index (χ0n) is 17.8. The van der Waals surface area contributed by atoms with Gasteiger partial charge in [0.2, 0.25) is 0 Å². The number of rotatable bonds is 13. The van der Waals surface area contributed by atoms with Gasteiger partial charge in [-0.3, -0.25) is 4.40 Å². The molecule has 0 unspecified atom stereocenters. The van der Waals surface area contributed by atoms with Crippen LogP contribution in [0, 0.1) is 0 Å². The Morgan fingerprint density at radius 2 is 1.39 bits per heavy atom. The van der Waals surface area contributed by atoms with E-state index < -0.39 is 0 Å². The van der Waals surface area contributed by atoms with E-state index in [9.17, 15) is 0 Å². The number of aromatic nitrogens is 2. The molecule has 0 amide bonds. The fraction of sp³-hybridized carbons (Fsp3) is 0.560. The second-order valence-electron chi connectivity index (χ2n) is 8.04. The Kier molecular flexibility index (Phi) is 8.60. The molecule has 0 fully saturated rings. The number of unbranched alkanes of at least 4 members (excludes halogenated alkanes) is 8. The van der Waals surface area contributed by atoms with E-state index in [1.807, 2.05) is 11.3 Å². The molecule has 152 valence electrons. The number of nitrogens with zero attached hydrogens (tertiary/aromatic N) is 2. The molecule has 3 heteroatoms. The molecule has 2 nitrogen and oxygen atoms in total. The third-order valence-corrected chi connectivity index (χ3v) is 6.61. The van der Waals surface area contributed by atoms with Gasteiger partial charge in [0.15, 0.2) is 4.96 Å². The lowest BCUT2D eigenvalue weighted by atomic mass is 10.0. The van der Waals surface area contributed by atoms with Gasteiger partial charge in [0, 0.05) is 22.8 Å². The quantitative estimate of drug-likeness (QED) is 0.267. The van der Waals surface area contributed by atoms with E-state index in [0.717, 1.165) is 10.7 Å². The van der Waals surface area contributed by atoms with Crippen LogP contribution < -0.4 is 0 Å². The van der Waals surface area contributed by atoms with Crippen LogP contribution in [0.4, 0.5) is 0 Å². The first-order valence-electron chi connectivity index (χ1n) is 11.4. The van der Waals surface area contributed by atoms with Crippen LogP contribution in [-0.4, -0.2) is 9.38 Å². The lowest BCUT2D eigenvalue weighted by Crippen LogP contribution is -1.87.